The van der Waals surface area contributed by atoms with Crippen molar-refractivity contribution < 1.29 is 10.0 Å². The van der Waals surface area contributed by atoms with E-state index in [9.17, 15) is 4.79 Å². The largest absolute Gasteiger partial charge is 0.409 e. The molecule has 0 spiro atoms. The van der Waals surface area contributed by atoms with Crippen LogP contribution in [-0.4, -0.2) is 33.9 Å². The third kappa shape index (κ3) is 3.17. The normalized spacial score (nSPS) is 24.7. The van der Waals surface area contributed by atoms with Gasteiger partial charge in [-0.3, -0.25) is 4.79 Å². The van der Waals surface area contributed by atoms with Gasteiger partial charge in [-0.1, -0.05) is 35.5 Å². The van der Waals surface area contributed by atoms with E-state index in [1.807, 2.05) is 35.2 Å². The first-order chi connectivity index (χ1) is 10.1. The summed E-state index contributed by atoms with van der Waals surface area (Å²) in [7, 11) is 0. The van der Waals surface area contributed by atoms with Gasteiger partial charge < -0.3 is 15.8 Å². The number of hydrogen-bond donors (Lipinski definition) is 2. The molecule has 0 aromatic heterocycles. The number of rotatable bonds is 3. The fourth-order valence-electron chi connectivity index (χ4n) is 3.15. The average Bonchev–Trinajstić information content (AvgIpc) is 2.48. The van der Waals surface area contributed by atoms with Gasteiger partial charge in [0.05, 0.1) is 0 Å². The van der Waals surface area contributed by atoms with Crippen molar-refractivity contribution in [2.24, 2.45) is 10.9 Å². The molecule has 1 amide bonds. The second-order valence-electron chi connectivity index (χ2n) is 5.74. The van der Waals surface area contributed by atoms with Crippen molar-refractivity contribution in [2.75, 3.05) is 0 Å². The molecule has 1 fully saturated rings. The van der Waals surface area contributed by atoms with Crippen molar-refractivity contribution in [1.82, 2.24) is 4.90 Å². The number of amides is 1. The predicted octanol–water partition coefficient (Wildman–Crippen LogP) is 2.31. The lowest BCUT2D eigenvalue weighted by molar-refractivity contribution is -0.137. The summed E-state index contributed by atoms with van der Waals surface area (Å²) in [5, 5.41) is 12.1. The Balaban J connectivity index is 2.35. The Morgan fingerprint density at radius 3 is 2.38 bits per heavy atom. The van der Waals surface area contributed by atoms with Crippen LogP contribution in [-0.2, 0) is 4.79 Å². The number of amidine groups is 1. The second kappa shape index (κ2) is 6.61. The van der Waals surface area contributed by atoms with Crippen LogP contribution in [0.2, 0.25) is 0 Å². The minimum absolute atomic E-state index is 0.0591. The van der Waals surface area contributed by atoms with Crippen LogP contribution >= 0.6 is 0 Å². The zero-order valence-corrected chi connectivity index (χ0v) is 12.6. The van der Waals surface area contributed by atoms with Gasteiger partial charge in [0.15, 0.2) is 5.84 Å². The SMILES string of the molecule is CC1CCCC(C)N1C(=O)C(C(N)=NO)c1ccccc1. The number of benzene rings is 1. The van der Waals surface area contributed by atoms with Crippen LogP contribution in [0.15, 0.2) is 35.5 Å². The molecular weight excluding hydrogens is 266 g/mol. The van der Waals surface area contributed by atoms with E-state index in [0.29, 0.717) is 0 Å². The van der Waals surface area contributed by atoms with Crippen molar-refractivity contribution in [3.05, 3.63) is 35.9 Å². The molecule has 21 heavy (non-hydrogen) atoms. The quantitative estimate of drug-likeness (QED) is 0.388. The Morgan fingerprint density at radius 1 is 1.29 bits per heavy atom. The van der Waals surface area contributed by atoms with Crippen LogP contribution < -0.4 is 5.73 Å². The number of carbonyl (C=O) groups is 1. The third-order valence-corrected chi connectivity index (χ3v) is 4.24. The molecule has 1 saturated heterocycles. The smallest absolute Gasteiger partial charge is 0.238 e. The van der Waals surface area contributed by atoms with E-state index in [1.54, 1.807) is 0 Å². The molecule has 0 saturated carbocycles. The number of nitrogens with two attached hydrogens (primary N) is 1. The van der Waals surface area contributed by atoms with Crippen molar-refractivity contribution in [3.8, 4) is 0 Å². The number of carbonyl (C=O) groups excluding carboxylic acids is 1. The van der Waals surface area contributed by atoms with Crippen LogP contribution in [0.5, 0.6) is 0 Å². The molecular formula is C16H23N3O2. The molecule has 0 bridgehead atoms. The number of nitrogens with zero attached hydrogens (tertiary/aromatic N) is 2. The van der Waals surface area contributed by atoms with E-state index in [4.69, 9.17) is 10.9 Å². The zero-order valence-electron chi connectivity index (χ0n) is 12.6. The molecule has 1 aromatic carbocycles. The van der Waals surface area contributed by atoms with Crippen molar-refractivity contribution in [2.45, 2.75) is 51.1 Å². The fraction of sp³-hybridized carbons (Fsp3) is 0.500. The Labute approximate surface area is 125 Å². The minimum Gasteiger partial charge on any atom is -0.409 e. The summed E-state index contributed by atoms with van der Waals surface area (Å²) < 4.78 is 0. The van der Waals surface area contributed by atoms with E-state index in [-0.39, 0.29) is 23.8 Å². The summed E-state index contributed by atoms with van der Waals surface area (Å²) in [6.45, 7) is 4.11. The maximum atomic E-state index is 13.0. The topological polar surface area (TPSA) is 78.9 Å². The Kier molecular flexibility index (Phi) is 4.83. The summed E-state index contributed by atoms with van der Waals surface area (Å²) in [5.41, 5.74) is 6.55. The molecule has 1 heterocycles. The first-order valence-corrected chi connectivity index (χ1v) is 7.40. The van der Waals surface area contributed by atoms with Crippen molar-refractivity contribution in [3.63, 3.8) is 0 Å². The molecule has 0 radical (unpaired) electrons. The standard InChI is InChI=1S/C16H23N3O2/c1-11-7-6-8-12(2)19(11)16(20)14(15(17)18-21)13-9-4-3-5-10-13/h3-5,9-12,14,21H,6-8H2,1-2H3,(H2,17,18). The van der Waals surface area contributed by atoms with Gasteiger partial charge in [0, 0.05) is 12.1 Å². The molecule has 5 nitrogen and oxygen atoms in total. The highest BCUT2D eigenvalue weighted by atomic mass is 16.4. The van der Waals surface area contributed by atoms with Gasteiger partial charge in [-0.15, -0.1) is 0 Å². The lowest BCUT2D eigenvalue weighted by Crippen LogP contribution is -2.51. The van der Waals surface area contributed by atoms with E-state index >= 15 is 0 Å². The summed E-state index contributed by atoms with van der Waals surface area (Å²) in [6, 6.07) is 9.61. The minimum atomic E-state index is -0.723. The maximum absolute atomic E-state index is 13.0. The summed E-state index contributed by atoms with van der Waals surface area (Å²) >= 11 is 0. The zero-order chi connectivity index (χ0) is 15.4. The van der Waals surface area contributed by atoms with Gasteiger partial charge in [0.1, 0.15) is 5.92 Å². The van der Waals surface area contributed by atoms with Gasteiger partial charge in [-0.2, -0.15) is 0 Å². The van der Waals surface area contributed by atoms with Gasteiger partial charge >= 0.3 is 0 Å². The van der Waals surface area contributed by atoms with Gasteiger partial charge in [-0.05, 0) is 38.7 Å². The van der Waals surface area contributed by atoms with Crippen LogP contribution in [0.25, 0.3) is 0 Å². The van der Waals surface area contributed by atoms with E-state index in [2.05, 4.69) is 19.0 Å². The molecule has 3 unspecified atom stereocenters. The highest BCUT2D eigenvalue weighted by molar-refractivity contribution is 6.07. The number of oxime groups is 1. The number of likely N-dealkylation sites (tertiary alicyclic amines) is 1. The average molecular weight is 289 g/mol. The number of piperidine rings is 1. The molecule has 1 aliphatic rings. The van der Waals surface area contributed by atoms with E-state index < -0.39 is 5.92 Å². The molecule has 114 valence electrons. The first kappa shape index (κ1) is 15.4. The lowest BCUT2D eigenvalue weighted by atomic mass is 9.91. The molecule has 3 N–H and O–H groups in total. The van der Waals surface area contributed by atoms with Gasteiger partial charge in [0.2, 0.25) is 5.91 Å². The monoisotopic (exact) mass is 289 g/mol. The van der Waals surface area contributed by atoms with Crippen LogP contribution in [0.4, 0.5) is 0 Å². The summed E-state index contributed by atoms with van der Waals surface area (Å²) in [4.78, 5) is 14.9. The third-order valence-electron chi connectivity index (χ3n) is 4.24. The van der Waals surface area contributed by atoms with E-state index in [1.165, 1.54) is 0 Å². The highest BCUT2D eigenvalue weighted by Crippen LogP contribution is 2.28. The molecule has 1 aromatic rings. The fourth-order valence-corrected chi connectivity index (χ4v) is 3.15. The van der Waals surface area contributed by atoms with E-state index in [0.717, 1.165) is 24.8 Å². The Morgan fingerprint density at radius 2 is 1.86 bits per heavy atom. The Hall–Kier alpha value is -2.04. The molecule has 1 aliphatic heterocycles. The molecule has 5 heteroatoms. The van der Waals surface area contributed by atoms with Crippen LogP contribution in [0.1, 0.15) is 44.6 Å². The summed E-state index contributed by atoms with van der Waals surface area (Å²) in [5.74, 6) is -0.869. The number of hydrogen-bond acceptors (Lipinski definition) is 3. The van der Waals surface area contributed by atoms with Crippen molar-refractivity contribution in [1.29, 1.82) is 0 Å². The van der Waals surface area contributed by atoms with Gasteiger partial charge in [-0.25, -0.2) is 0 Å². The predicted molar refractivity (Wildman–Crippen MR) is 82.2 cm³/mol. The molecule has 0 aliphatic carbocycles. The second-order valence-corrected chi connectivity index (χ2v) is 5.74. The van der Waals surface area contributed by atoms with Crippen LogP contribution in [0.3, 0.4) is 0 Å². The van der Waals surface area contributed by atoms with Crippen molar-refractivity contribution >= 4 is 11.7 Å². The molecule has 2 rings (SSSR count). The lowest BCUT2D eigenvalue weighted by Gasteiger charge is -2.40. The highest BCUT2D eigenvalue weighted by Gasteiger charge is 2.36. The maximum Gasteiger partial charge on any atom is 0.238 e. The van der Waals surface area contributed by atoms with Crippen LogP contribution in [0, 0.1) is 0 Å². The summed E-state index contributed by atoms with van der Waals surface area (Å²) in [6.07, 6.45) is 3.12. The Bertz CT molecular complexity index is 506. The van der Waals surface area contributed by atoms with Gasteiger partial charge in [0.25, 0.3) is 0 Å². The first-order valence-electron chi connectivity index (χ1n) is 7.40. The molecule has 3 atom stereocenters.